The second-order valence-electron chi connectivity index (χ2n) is 5.06. The van der Waals surface area contributed by atoms with Crippen LogP contribution >= 0.6 is 0 Å². The summed E-state index contributed by atoms with van der Waals surface area (Å²) in [7, 11) is -8.55. The van der Waals surface area contributed by atoms with Gasteiger partial charge in [0.25, 0.3) is 0 Å². The van der Waals surface area contributed by atoms with Crippen molar-refractivity contribution in [2.45, 2.75) is 43.0 Å². The van der Waals surface area contributed by atoms with E-state index in [2.05, 4.69) is 4.72 Å². The van der Waals surface area contributed by atoms with Gasteiger partial charge < -0.3 is 0 Å². The summed E-state index contributed by atoms with van der Waals surface area (Å²) in [4.78, 5) is -0.660. The van der Waals surface area contributed by atoms with Gasteiger partial charge in [-0.05, 0) is 43.5 Å². The molecule has 0 amide bonds. The van der Waals surface area contributed by atoms with Crippen LogP contribution in [0.3, 0.4) is 0 Å². The smallest absolute Gasteiger partial charge is 0.208 e. The molecule has 20 heavy (non-hydrogen) atoms. The highest BCUT2D eigenvalue weighted by molar-refractivity contribution is 7.89. The summed E-state index contributed by atoms with van der Waals surface area (Å²) in [5, 5.41) is 0. The van der Waals surface area contributed by atoms with Crippen LogP contribution in [0.4, 0.5) is 3.89 Å². The minimum Gasteiger partial charge on any atom is -0.208 e. The second-order valence-corrected chi connectivity index (χ2v) is 8.12. The largest absolute Gasteiger partial charge is 0.332 e. The van der Waals surface area contributed by atoms with E-state index in [-0.39, 0.29) is 10.9 Å². The highest BCUT2D eigenvalue weighted by Gasteiger charge is 2.19. The molecule has 0 aliphatic carbocycles. The predicted octanol–water partition coefficient (Wildman–Crippen LogP) is 2.06. The molecule has 5 nitrogen and oxygen atoms in total. The van der Waals surface area contributed by atoms with Gasteiger partial charge in [0.1, 0.15) is 0 Å². The fraction of sp³-hybridized carbons (Fsp3) is 0.500. The Morgan fingerprint density at radius 2 is 1.45 bits per heavy atom. The Hall–Kier alpha value is -0.990. The standard InChI is InChI=1S/C12H18FNO4S2/c1-9(2)8-10(3)14-20(17,18)12-6-4-11(5-7-12)19(13,15)16/h4-7,9-10,14H,8H2,1-3H3. The van der Waals surface area contributed by atoms with Crippen LogP contribution in [0, 0.1) is 5.92 Å². The van der Waals surface area contributed by atoms with Crippen LogP contribution in [0.2, 0.25) is 0 Å². The molecule has 0 radical (unpaired) electrons. The number of hydrogen-bond donors (Lipinski definition) is 1. The zero-order valence-electron chi connectivity index (χ0n) is 11.5. The lowest BCUT2D eigenvalue weighted by molar-refractivity contribution is 0.482. The van der Waals surface area contributed by atoms with Crippen LogP contribution in [-0.4, -0.2) is 22.9 Å². The predicted molar refractivity (Wildman–Crippen MR) is 74.0 cm³/mol. The lowest BCUT2D eigenvalue weighted by Crippen LogP contribution is -2.33. The topological polar surface area (TPSA) is 80.3 Å². The van der Waals surface area contributed by atoms with E-state index >= 15 is 0 Å². The van der Waals surface area contributed by atoms with Crippen LogP contribution in [0.15, 0.2) is 34.1 Å². The van der Waals surface area contributed by atoms with Gasteiger partial charge in [-0.2, -0.15) is 8.42 Å². The third-order valence-electron chi connectivity index (χ3n) is 2.60. The first kappa shape index (κ1) is 17.1. The molecule has 1 rings (SSSR count). The zero-order valence-corrected chi connectivity index (χ0v) is 13.1. The fourth-order valence-electron chi connectivity index (χ4n) is 1.87. The zero-order chi connectivity index (χ0) is 15.6. The molecule has 1 atom stereocenters. The van der Waals surface area contributed by atoms with Gasteiger partial charge >= 0.3 is 10.2 Å². The Bertz CT molecular complexity index is 651. The van der Waals surface area contributed by atoms with Crippen molar-refractivity contribution in [1.29, 1.82) is 0 Å². The molecule has 1 N–H and O–H groups in total. The van der Waals surface area contributed by atoms with Gasteiger partial charge in [0.2, 0.25) is 10.0 Å². The third-order valence-corrected chi connectivity index (χ3v) is 5.04. The van der Waals surface area contributed by atoms with Crippen molar-refractivity contribution >= 4 is 20.2 Å². The molecular formula is C12H18FNO4S2. The highest BCUT2D eigenvalue weighted by atomic mass is 32.3. The van der Waals surface area contributed by atoms with Gasteiger partial charge in [-0.15, -0.1) is 3.89 Å². The minimum absolute atomic E-state index is 0.0968. The number of rotatable bonds is 6. The Balaban J connectivity index is 2.94. The number of hydrogen-bond acceptors (Lipinski definition) is 4. The first-order chi connectivity index (χ1) is 9.02. The van der Waals surface area contributed by atoms with Crippen LogP contribution in [-0.2, 0) is 20.2 Å². The molecule has 0 saturated carbocycles. The molecule has 1 unspecified atom stereocenters. The minimum atomic E-state index is -4.82. The summed E-state index contributed by atoms with van der Waals surface area (Å²) in [6.07, 6.45) is 0.677. The maximum atomic E-state index is 12.7. The van der Waals surface area contributed by atoms with E-state index in [4.69, 9.17) is 0 Å². The van der Waals surface area contributed by atoms with E-state index in [1.807, 2.05) is 13.8 Å². The van der Waals surface area contributed by atoms with Crippen molar-refractivity contribution in [2.24, 2.45) is 5.92 Å². The van der Waals surface area contributed by atoms with E-state index in [0.29, 0.717) is 12.3 Å². The average Bonchev–Trinajstić information content (AvgIpc) is 2.26. The average molecular weight is 323 g/mol. The van der Waals surface area contributed by atoms with Gasteiger partial charge in [0.05, 0.1) is 9.79 Å². The van der Waals surface area contributed by atoms with E-state index in [1.165, 1.54) is 0 Å². The van der Waals surface area contributed by atoms with Crippen molar-refractivity contribution in [3.8, 4) is 0 Å². The number of halogens is 1. The number of nitrogens with one attached hydrogen (secondary N) is 1. The SMILES string of the molecule is CC(C)CC(C)NS(=O)(=O)c1ccc(S(=O)(=O)F)cc1. The molecule has 0 aromatic heterocycles. The lowest BCUT2D eigenvalue weighted by atomic mass is 10.1. The maximum Gasteiger partial charge on any atom is 0.332 e. The molecule has 1 aromatic carbocycles. The quantitative estimate of drug-likeness (QED) is 0.813. The van der Waals surface area contributed by atoms with Crippen molar-refractivity contribution in [2.75, 3.05) is 0 Å². The third kappa shape index (κ3) is 4.84. The molecule has 0 fully saturated rings. The van der Waals surface area contributed by atoms with E-state index in [1.54, 1.807) is 6.92 Å². The Morgan fingerprint density at radius 3 is 1.85 bits per heavy atom. The first-order valence-corrected chi connectivity index (χ1v) is 8.96. The van der Waals surface area contributed by atoms with Crippen molar-refractivity contribution < 1.29 is 20.7 Å². The monoisotopic (exact) mass is 323 g/mol. The lowest BCUT2D eigenvalue weighted by Gasteiger charge is -2.16. The summed E-state index contributed by atoms with van der Waals surface area (Å²) in [5.41, 5.74) is 0. The van der Waals surface area contributed by atoms with Crippen LogP contribution in [0.5, 0.6) is 0 Å². The van der Waals surface area contributed by atoms with E-state index in [9.17, 15) is 20.7 Å². The maximum absolute atomic E-state index is 12.7. The van der Waals surface area contributed by atoms with Gasteiger partial charge in [0, 0.05) is 6.04 Å². The van der Waals surface area contributed by atoms with Crippen molar-refractivity contribution in [3.63, 3.8) is 0 Å². The summed E-state index contributed by atoms with van der Waals surface area (Å²) in [6, 6.07) is 3.74. The van der Waals surface area contributed by atoms with Crippen LogP contribution in [0.1, 0.15) is 27.2 Å². The normalized spacial score (nSPS) is 14.4. The molecule has 0 saturated heterocycles. The second kappa shape index (κ2) is 6.19. The van der Waals surface area contributed by atoms with Gasteiger partial charge in [-0.25, -0.2) is 13.1 Å². The Kier molecular flexibility index (Phi) is 5.28. The van der Waals surface area contributed by atoms with Gasteiger partial charge in [-0.3, -0.25) is 0 Å². The molecule has 0 heterocycles. The molecule has 8 heteroatoms. The molecule has 114 valence electrons. The summed E-state index contributed by atoms with van der Waals surface area (Å²) in [5.74, 6) is 0.340. The fourth-order valence-corrected chi connectivity index (χ4v) is 3.59. The Labute approximate surface area is 119 Å². The van der Waals surface area contributed by atoms with Gasteiger partial charge in [0.15, 0.2) is 0 Å². The molecule has 0 aliphatic rings. The molecule has 1 aromatic rings. The van der Waals surface area contributed by atoms with Crippen molar-refractivity contribution in [1.82, 2.24) is 4.72 Å². The molecule has 0 bridgehead atoms. The summed E-state index contributed by atoms with van der Waals surface area (Å²) < 4.78 is 60.6. The molecule has 0 aliphatic heterocycles. The van der Waals surface area contributed by atoms with Crippen LogP contribution < -0.4 is 4.72 Å². The summed E-state index contributed by atoms with van der Waals surface area (Å²) >= 11 is 0. The van der Waals surface area contributed by atoms with Crippen LogP contribution in [0.25, 0.3) is 0 Å². The summed E-state index contributed by atoms with van der Waals surface area (Å²) in [6.45, 7) is 5.70. The van der Waals surface area contributed by atoms with Crippen molar-refractivity contribution in [3.05, 3.63) is 24.3 Å². The highest BCUT2D eigenvalue weighted by Crippen LogP contribution is 2.17. The number of benzene rings is 1. The van der Waals surface area contributed by atoms with E-state index in [0.717, 1.165) is 24.3 Å². The van der Waals surface area contributed by atoms with Gasteiger partial charge in [-0.1, -0.05) is 13.8 Å². The first-order valence-electron chi connectivity index (χ1n) is 6.09. The molecule has 0 spiro atoms. The Morgan fingerprint density at radius 1 is 1.00 bits per heavy atom. The molecular weight excluding hydrogens is 305 g/mol. The number of sulfonamides is 1. The van der Waals surface area contributed by atoms with E-state index < -0.39 is 25.1 Å².